The monoisotopic (exact) mass is 473 g/mol. The van der Waals surface area contributed by atoms with Crippen molar-refractivity contribution in [3.8, 4) is 17.2 Å². The summed E-state index contributed by atoms with van der Waals surface area (Å²) in [5.41, 5.74) is 1.38. The van der Waals surface area contributed by atoms with Gasteiger partial charge in [-0.25, -0.2) is 0 Å². The van der Waals surface area contributed by atoms with Crippen molar-refractivity contribution >= 4 is 23.1 Å². The van der Waals surface area contributed by atoms with E-state index in [1.807, 2.05) is 13.0 Å². The highest BCUT2D eigenvalue weighted by molar-refractivity contribution is 6.51. The Kier molecular flexibility index (Phi) is 7.06. The van der Waals surface area contributed by atoms with Gasteiger partial charge in [0.1, 0.15) is 23.0 Å². The number of ketones is 1. The molecule has 7 nitrogen and oxygen atoms in total. The van der Waals surface area contributed by atoms with Crippen molar-refractivity contribution in [2.24, 2.45) is 0 Å². The van der Waals surface area contributed by atoms with E-state index in [1.54, 1.807) is 66.7 Å². The molecule has 1 amide bonds. The maximum absolute atomic E-state index is 13.4. The van der Waals surface area contributed by atoms with Crippen LogP contribution in [0.15, 0.2) is 78.4 Å². The lowest BCUT2D eigenvalue weighted by Gasteiger charge is -2.26. The maximum atomic E-state index is 13.4. The number of carbonyl (C=O) groups is 2. The van der Waals surface area contributed by atoms with Gasteiger partial charge in [-0.2, -0.15) is 0 Å². The Hall–Kier alpha value is -4.26. The molecule has 180 valence electrons. The minimum Gasteiger partial charge on any atom is -0.507 e. The Morgan fingerprint density at radius 1 is 0.914 bits per heavy atom. The van der Waals surface area contributed by atoms with Crippen molar-refractivity contribution in [3.05, 3.63) is 89.5 Å². The molecule has 1 saturated heterocycles. The van der Waals surface area contributed by atoms with Crippen LogP contribution in [0.25, 0.3) is 5.76 Å². The Labute approximate surface area is 204 Å². The Morgan fingerprint density at radius 3 is 2.40 bits per heavy atom. The average molecular weight is 474 g/mol. The standard InChI is InChI=1S/C28H27NO6/c1-4-15-35-21-12-7-9-18(16-21)25-24(26(30)22-13-5-6-14-23(22)34-3)27(31)28(32)29(25)19-10-8-11-20(17-19)33-2/h5-14,16-17,25,30H,4,15H2,1-3H3/b26-24+. The van der Waals surface area contributed by atoms with Gasteiger partial charge in [-0.3, -0.25) is 14.5 Å². The number of Topliss-reactive ketones (excluding diaryl/α,β-unsaturated/α-hetero) is 1. The maximum Gasteiger partial charge on any atom is 0.300 e. The minimum absolute atomic E-state index is 0.0324. The number of benzene rings is 3. The predicted molar refractivity (Wildman–Crippen MR) is 133 cm³/mol. The van der Waals surface area contributed by atoms with Gasteiger partial charge in [0.25, 0.3) is 11.7 Å². The largest absolute Gasteiger partial charge is 0.507 e. The molecule has 1 fully saturated rings. The van der Waals surface area contributed by atoms with Crippen LogP contribution in [-0.2, 0) is 9.59 Å². The first-order valence-electron chi connectivity index (χ1n) is 11.3. The second-order valence-corrected chi connectivity index (χ2v) is 7.99. The summed E-state index contributed by atoms with van der Waals surface area (Å²) in [6.07, 6.45) is 0.834. The fourth-order valence-corrected chi connectivity index (χ4v) is 4.15. The number of aliphatic hydroxyl groups is 1. The van der Waals surface area contributed by atoms with Crippen molar-refractivity contribution in [1.82, 2.24) is 0 Å². The van der Waals surface area contributed by atoms with Crippen LogP contribution in [0.1, 0.15) is 30.5 Å². The molecular weight excluding hydrogens is 446 g/mol. The summed E-state index contributed by atoms with van der Waals surface area (Å²) >= 11 is 0. The zero-order chi connectivity index (χ0) is 24.9. The quantitative estimate of drug-likeness (QED) is 0.278. The average Bonchev–Trinajstić information content (AvgIpc) is 3.17. The third kappa shape index (κ3) is 4.57. The van der Waals surface area contributed by atoms with Crippen LogP contribution >= 0.6 is 0 Å². The first-order valence-corrected chi connectivity index (χ1v) is 11.3. The van der Waals surface area contributed by atoms with Gasteiger partial charge in [0.2, 0.25) is 0 Å². The normalized spacial score (nSPS) is 16.9. The summed E-state index contributed by atoms with van der Waals surface area (Å²) in [6, 6.07) is 20.0. The van der Waals surface area contributed by atoms with Gasteiger partial charge in [-0.05, 0) is 48.4 Å². The topological polar surface area (TPSA) is 85.3 Å². The number of hydrogen-bond donors (Lipinski definition) is 1. The van der Waals surface area contributed by atoms with Crippen LogP contribution < -0.4 is 19.1 Å². The van der Waals surface area contributed by atoms with Crippen LogP contribution in [0, 0.1) is 0 Å². The first kappa shape index (κ1) is 23.9. The number of methoxy groups -OCH3 is 2. The van der Waals surface area contributed by atoms with E-state index in [2.05, 4.69) is 0 Å². The highest BCUT2D eigenvalue weighted by Crippen LogP contribution is 2.44. The van der Waals surface area contributed by atoms with Gasteiger partial charge < -0.3 is 19.3 Å². The van der Waals surface area contributed by atoms with Gasteiger partial charge in [0.15, 0.2) is 0 Å². The van der Waals surface area contributed by atoms with Crippen LogP contribution in [0.4, 0.5) is 5.69 Å². The predicted octanol–water partition coefficient (Wildman–Crippen LogP) is 5.12. The van der Waals surface area contributed by atoms with Crippen molar-refractivity contribution in [2.75, 3.05) is 25.7 Å². The lowest BCUT2D eigenvalue weighted by Crippen LogP contribution is -2.29. The summed E-state index contributed by atoms with van der Waals surface area (Å²) in [5, 5.41) is 11.4. The van der Waals surface area contributed by atoms with Crippen molar-refractivity contribution in [1.29, 1.82) is 0 Å². The molecule has 1 aliphatic rings. The lowest BCUT2D eigenvalue weighted by atomic mass is 9.94. The zero-order valence-corrected chi connectivity index (χ0v) is 19.9. The molecule has 0 spiro atoms. The van der Waals surface area contributed by atoms with Crippen LogP contribution in [0.3, 0.4) is 0 Å². The minimum atomic E-state index is -0.891. The third-order valence-electron chi connectivity index (χ3n) is 5.78. The molecule has 0 aliphatic carbocycles. The SMILES string of the molecule is CCCOc1cccc(C2/C(=C(\O)c3ccccc3OC)C(=O)C(=O)N2c2cccc(OC)c2)c1. The van der Waals surface area contributed by atoms with Crippen LogP contribution in [0.5, 0.6) is 17.2 Å². The Balaban J connectivity index is 1.94. The molecule has 0 saturated carbocycles. The Morgan fingerprint density at radius 2 is 1.66 bits per heavy atom. The van der Waals surface area contributed by atoms with E-state index in [-0.39, 0.29) is 11.3 Å². The number of amides is 1. The van der Waals surface area contributed by atoms with E-state index < -0.39 is 17.7 Å². The number of hydrogen-bond acceptors (Lipinski definition) is 6. The molecule has 0 bridgehead atoms. The summed E-state index contributed by atoms with van der Waals surface area (Å²) in [6.45, 7) is 2.54. The molecule has 1 N–H and O–H groups in total. The van der Waals surface area contributed by atoms with Crippen molar-refractivity contribution < 1.29 is 28.9 Å². The fourth-order valence-electron chi connectivity index (χ4n) is 4.15. The number of anilines is 1. The molecule has 1 unspecified atom stereocenters. The Bertz CT molecular complexity index is 1280. The van der Waals surface area contributed by atoms with Gasteiger partial charge >= 0.3 is 0 Å². The molecule has 0 radical (unpaired) electrons. The lowest BCUT2D eigenvalue weighted by molar-refractivity contribution is -0.132. The van der Waals surface area contributed by atoms with E-state index in [4.69, 9.17) is 14.2 Å². The van der Waals surface area contributed by atoms with Gasteiger partial charge in [-0.1, -0.05) is 37.3 Å². The van der Waals surface area contributed by atoms with Crippen molar-refractivity contribution in [3.63, 3.8) is 0 Å². The van der Waals surface area contributed by atoms with Crippen LogP contribution in [0.2, 0.25) is 0 Å². The molecular formula is C28H27NO6. The number of para-hydroxylation sites is 1. The summed E-state index contributed by atoms with van der Waals surface area (Å²) in [7, 11) is 3.01. The molecule has 1 aliphatic heterocycles. The molecule has 4 rings (SSSR count). The van der Waals surface area contributed by atoms with Crippen molar-refractivity contribution in [2.45, 2.75) is 19.4 Å². The smallest absolute Gasteiger partial charge is 0.300 e. The molecule has 7 heteroatoms. The summed E-state index contributed by atoms with van der Waals surface area (Å²) in [4.78, 5) is 28.1. The molecule has 0 aromatic heterocycles. The fraction of sp³-hybridized carbons (Fsp3) is 0.214. The molecule has 1 atom stereocenters. The molecule has 1 heterocycles. The number of aliphatic hydroxyl groups excluding tert-OH is 1. The van der Waals surface area contributed by atoms with E-state index in [0.29, 0.717) is 40.7 Å². The number of rotatable bonds is 8. The number of carbonyl (C=O) groups excluding carboxylic acids is 2. The number of ether oxygens (including phenoxy) is 3. The molecule has 3 aromatic rings. The molecule has 3 aromatic carbocycles. The highest BCUT2D eigenvalue weighted by Gasteiger charge is 2.47. The zero-order valence-electron chi connectivity index (χ0n) is 19.9. The van der Waals surface area contributed by atoms with E-state index in [1.165, 1.54) is 19.1 Å². The van der Waals surface area contributed by atoms with Gasteiger partial charge in [0, 0.05) is 11.8 Å². The number of nitrogens with zero attached hydrogens (tertiary/aromatic N) is 1. The highest BCUT2D eigenvalue weighted by atomic mass is 16.5. The summed E-state index contributed by atoms with van der Waals surface area (Å²) in [5.74, 6) is -0.320. The first-order chi connectivity index (χ1) is 17.0. The second kappa shape index (κ2) is 10.3. The van der Waals surface area contributed by atoms with E-state index >= 15 is 0 Å². The third-order valence-corrected chi connectivity index (χ3v) is 5.78. The van der Waals surface area contributed by atoms with Crippen LogP contribution in [-0.4, -0.2) is 37.6 Å². The molecule has 35 heavy (non-hydrogen) atoms. The second-order valence-electron chi connectivity index (χ2n) is 7.99. The summed E-state index contributed by atoms with van der Waals surface area (Å²) < 4.78 is 16.5. The van der Waals surface area contributed by atoms with Gasteiger partial charge in [-0.15, -0.1) is 0 Å². The van der Waals surface area contributed by atoms with E-state index in [9.17, 15) is 14.7 Å². The van der Waals surface area contributed by atoms with E-state index in [0.717, 1.165) is 6.42 Å². The van der Waals surface area contributed by atoms with Gasteiger partial charge in [0.05, 0.1) is 38.0 Å².